The van der Waals surface area contributed by atoms with Crippen molar-refractivity contribution in [1.29, 1.82) is 0 Å². The van der Waals surface area contributed by atoms with Gasteiger partial charge in [0, 0.05) is 6.61 Å². The van der Waals surface area contributed by atoms with Gasteiger partial charge in [0.25, 0.3) is 0 Å². The van der Waals surface area contributed by atoms with E-state index in [1.54, 1.807) is 6.08 Å². The maximum atomic E-state index is 5.38. The van der Waals surface area contributed by atoms with Gasteiger partial charge >= 0.3 is 0 Å². The molecule has 0 bridgehead atoms. The summed E-state index contributed by atoms with van der Waals surface area (Å²) in [7, 11) is 0. The van der Waals surface area contributed by atoms with Gasteiger partial charge in [-0.05, 0) is 6.42 Å². The molecule has 0 fully saturated rings. The monoisotopic (exact) mass is 216 g/mol. The van der Waals surface area contributed by atoms with Crippen LogP contribution >= 0.6 is 0 Å². The first kappa shape index (κ1) is 14.6. The minimum atomic E-state index is 0.594. The lowest BCUT2D eigenvalue weighted by Gasteiger charge is -2.05. The van der Waals surface area contributed by atoms with Crippen molar-refractivity contribution in [3.05, 3.63) is 12.7 Å². The molecule has 0 aromatic heterocycles. The van der Waals surface area contributed by atoms with E-state index in [1.165, 1.54) is 12.8 Å². The summed E-state index contributed by atoms with van der Waals surface area (Å²) in [6, 6.07) is 0. The van der Waals surface area contributed by atoms with E-state index >= 15 is 0 Å². The lowest BCUT2D eigenvalue weighted by molar-refractivity contribution is 0.0188. The molecule has 0 saturated carbocycles. The summed E-state index contributed by atoms with van der Waals surface area (Å²) >= 11 is 0. The average Bonchev–Trinajstić information content (AvgIpc) is 2.26. The summed E-state index contributed by atoms with van der Waals surface area (Å²) in [5.74, 6) is 0. The highest BCUT2D eigenvalue weighted by atomic mass is 16.5. The third kappa shape index (κ3) is 13.6. The van der Waals surface area contributed by atoms with Crippen LogP contribution in [-0.2, 0) is 14.2 Å². The Hall–Kier alpha value is -0.380. The van der Waals surface area contributed by atoms with Crippen molar-refractivity contribution >= 4 is 0 Å². The zero-order valence-corrected chi connectivity index (χ0v) is 9.87. The molecule has 3 heteroatoms. The van der Waals surface area contributed by atoms with Crippen molar-refractivity contribution < 1.29 is 14.2 Å². The Morgan fingerprint density at radius 3 is 2.07 bits per heavy atom. The molecule has 0 heterocycles. The Morgan fingerprint density at radius 1 is 0.867 bits per heavy atom. The van der Waals surface area contributed by atoms with E-state index in [2.05, 4.69) is 13.5 Å². The zero-order valence-electron chi connectivity index (χ0n) is 9.87. The molecule has 0 saturated heterocycles. The van der Waals surface area contributed by atoms with E-state index in [0.29, 0.717) is 33.0 Å². The largest absolute Gasteiger partial charge is 0.379 e. The Kier molecular flexibility index (Phi) is 13.3. The molecule has 0 rings (SSSR count). The van der Waals surface area contributed by atoms with Gasteiger partial charge < -0.3 is 14.2 Å². The molecule has 0 aliphatic heterocycles. The fraction of sp³-hybridized carbons (Fsp3) is 0.833. The SMILES string of the molecule is C=CCOCCOCCOCCCCC. The van der Waals surface area contributed by atoms with Crippen molar-refractivity contribution in [3.63, 3.8) is 0 Å². The number of unbranched alkanes of at least 4 members (excludes halogenated alkanes) is 2. The highest BCUT2D eigenvalue weighted by Crippen LogP contribution is 1.93. The van der Waals surface area contributed by atoms with Crippen molar-refractivity contribution in [1.82, 2.24) is 0 Å². The van der Waals surface area contributed by atoms with Crippen molar-refractivity contribution in [2.24, 2.45) is 0 Å². The predicted octanol–water partition coefficient (Wildman–Crippen LogP) is 2.41. The second-order valence-corrected chi connectivity index (χ2v) is 3.30. The fourth-order valence-corrected chi connectivity index (χ4v) is 1.06. The van der Waals surface area contributed by atoms with Crippen LogP contribution in [0.25, 0.3) is 0 Å². The summed E-state index contributed by atoms with van der Waals surface area (Å²) in [6.45, 7) is 9.79. The zero-order chi connectivity index (χ0) is 11.2. The number of hydrogen-bond donors (Lipinski definition) is 0. The van der Waals surface area contributed by atoms with Crippen LogP contribution in [-0.4, -0.2) is 39.6 Å². The fourth-order valence-electron chi connectivity index (χ4n) is 1.06. The topological polar surface area (TPSA) is 27.7 Å². The van der Waals surface area contributed by atoms with E-state index < -0.39 is 0 Å². The van der Waals surface area contributed by atoms with Gasteiger partial charge in [-0.25, -0.2) is 0 Å². The lowest BCUT2D eigenvalue weighted by Crippen LogP contribution is -2.09. The van der Waals surface area contributed by atoms with Gasteiger partial charge in [-0.3, -0.25) is 0 Å². The van der Waals surface area contributed by atoms with Gasteiger partial charge in [-0.1, -0.05) is 25.8 Å². The second-order valence-electron chi connectivity index (χ2n) is 3.30. The normalized spacial score (nSPS) is 10.5. The summed E-state index contributed by atoms with van der Waals surface area (Å²) in [4.78, 5) is 0. The highest BCUT2D eigenvalue weighted by Gasteiger charge is 1.90. The van der Waals surface area contributed by atoms with Crippen molar-refractivity contribution in [2.75, 3.05) is 39.6 Å². The molecular formula is C12H24O3. The molecule has 0 aromatic rings. The molecular weight excluding hydrogens is 192 g/mol. The Bertz CT molecular complexity index is 126. The van der Waals surface area contributed by atoms with Gasteiger partial charge in [-0.2, -0.15) is 0 Å². The molecule has 3 nitrogen and oxygen atoms in total. The van der Waals surface area contributed by atoms with E-state index in [-0.39, 0.29) is 0 Å². The van der Waals surface area contributed by atoms with Crippen LogP contribution < -0.4 is 0 Å². The molecule has 0 amide bonds. The number of hydrogen-bond acceptors (Lipinski definition) is 3. The third-order valence-electron chi connectivity index (χ3n) is 1.87. The van der Waals surface area contributed by atoms with Crippen LogP contribution in [0, 0.1) is 0 Å². The van der Waals surface area contributed by atoms with Crippen LogP contribution in [0.4, 0.5) is 0 Å². The van der Waals surface area contributed by atoms with E-state index in [0.717, 1.165) is 13.0 Å². The Labute approximate surface area is 93.4 Å². The maximum absolute atomic E-state index is 5.38. The molecule has 0 atom stereocenters. The van der Waals surface area contributed by atoms with Gasteiger partial charge in [0.05, 0.1) is 33.0 Å². The number of ether oxygens (including phenoxy) is 3. The quantitative estimate of drug-likeness (QED) is 0.370. The molecule has 90 valence electrons. The molecule has 0 unspecified atom stereocenters. The van der Waals surface area contributed by atoms with Crippen LogP contribution in [0.5, 0.6) is 0 Å². The van der Waals surface area contributed by atoms with Gasteiger partial charge in [0.2, 0.25) is 0 Å². The second kappa shape index (κ2) is 13.6. The van der Waals surface area contributed by atoms with E-state index in [1.807, 2.05) is 0 Å². The first-order valence-electron chi connectivity index (χ1n) is 5.76. The van der Waals surface area contributed by atoms with Crippen molar-refractivity contribution in [2.45, 2.75) is 26.2 Å². The van der Waals surface area contributed by atoms with Gasteiger partial charge in [0.1, 0.15) is 0 Å². The average molecular weight is 216 g/mol. The van der Waals surface area contributed by atoms with Crippen LogP contribution in [0.3, 0.4) is 0 Å². The third-order valence-corrected chi connectivity index (χ3v) is 1.87. The van der Waals surface area contributed by atoms with Crippen LogP contribution in [0.1, 0.15) is 26.2 Å². The molecule has 15 heavy (non-hydrogen) atoms. The summed E-state index contributed by atoms with van der Waals surface area (Å²) in [6.07, 6.45) is 5.37. The standard InChI is InChI=1S/C12H24O3/c1-3-5-6-8-14-10-12-15-11-9-13-7-4-2/h4H,2-3,5-12H2,1H3. The van der Waals surface area contributed by atoms with Crippen LogP contribution in [0.15, 0.2) is 12.7 Å². The summed E-state index contributed by atoms with van der Waals surface area (Å²) in [5, 5.41) is 0. The highest BCUT2D eigenvalue weighted by molar-refractivity contribution is 4.63. The predicted molar refractivity (Wildman–Crippen MR) is 62.2 cm³/mol. The minimum absolute atomic E-state index is 0.594. The summed E-state index contributed by atoms with van der Waals surface area (Å²) in [5.41, 5.74) is 0. The lowest BCUT2D eigenvalue weighted by atomic mass is 10.3. The molecule has 0 aromatic carbocycles. The Balaban J connectivity index is 2.83. The summed E-state index contributed by atoms with van der Waals surface area (Å²) < 4.78 is 15.8. The molecule has 0 N–H and O–H groups in total. The molecule has 0 aliphatic rings. The Morgan fingerprint density at radius 2 is 1.47 bits per heavy atom. The van der Waals surface area contributed by atoms with Crippen molar-refractivity contribution in [3.8, 4) is 0 Å². The van der Waals surface area contributed by atoms with Gasteiger partial charge in [-0.15, -0.1) is 6.58 Å². The smallest absolute Gasteiger partial charge is 0.0704 e. The molecule has 0 radical (unpaired) electrons. The maximum Gasteiger partial charge on any atom is 0.0704 e. The first-order valence-corrected chi connectivity index (χ1v) is 5.76. The molecule has 0 aliphatic carbocycles. The molecule has 0 spiro atoms. The van der Waals surface area contributed by atoms with E-state index in [4.69, 9.17) is 14.2 Å². The van der Waals surface area contributed by atoms with Gasteiger partial charge in [0.15, 0.2) is 0 Å². The van der Waals surface area contributed by atoms with Crippen LogP contribution in [0.2, 0.25) is 0 Å². The number of rotatable bonds is 12. The first-order chi connectivity index (χ1) is 7.41. The minimum Gasteiger partial charge on any atom is -0.379 e. The van der Waals surface area contributed by atoms with E-state index in [9.17, 15) is 0 Å².